The highest BCUT2D eigenvalue weighted by atomic mass is 32.2. The summed E-state index contributed by atoms with van der Waals surface area (Å²) in [6.07, 6.45) is 0.908. The molecule has 1 rings (SSSR count). The first kappa shape index (κ1) is 11.6. The van der Waals surface area contributed by atoms with Gasteiger partial charge in [0.15, 0.2) is 15.7 Å². The smallest absolute Gasteiger partial charge is 0.305 e. The molecule has 9 heteroatoms. The molecule has 0 radical (unpaired) electrons. The molecule has 0 amide bonds. The van der Waals surface area contributed by atoms with Crippen LogP contribution in [0.3, 0.4) is 0 Å². The van der Waals surface area contributed by atoms with Crippen LogP contribution in [0.5, 0.6) is 0 Å². The molecule has 0 saturated carbocycles. The van der Waals surface area contributed by atoms with E-state index < -0.39 is 15.8 Å². The average molecular weight is 234 g/mol. The Hall–Kier alpha value is -1.51. The number of tetrazole rings is 1. The summed E-state index contributed by atoms with van der Waals surface area (Å²) in [7, 11) is -3.22. The van der Waals surface area contributed by atoms with Crippen LogP contribution < -0.4 is 0 Å². The molecule has 0 aliphatic carbocycles. The molecule has 0 aromatic carbocycles. The summed E-state index contributed by atoms with van der Waals surface area (Å²) in [5, 5.41) is 18.7. The van der Waals surface area contributed by atoms with Crippen molar-refractivity contribution in [3.05, 3.63) is 5.82 Å². The Kier molecular flexibility index (Phi) is 3.35. The number of rotatable bonds is 5. The predicted octanol–water partition coefficient (Wildman–Crippen LogP) is -1.31. The van der Waals surface area contributed by atoms with E-state index in [1.54, 1.807) is 0 Å². The Morgan fingerprint density at radius 1 is 1.53 bits per heavy atom. The first-order chi connectivity index (χ1) is 6.88. The summed E-state index contributed by atoms with van der Waals surface area (Å²) in [6.45, 7) is 0.0627. The van der Waals surface area contributed by atoms with Crippen LogP contribution in [-0.2, 0) is 26.9 Å². The topological polar surface area (TPSA) is 115 Å². The van der Waals surface area contributed by atoms with Gasteiger partial charge in [-0.2, -0.15) is 0 Å². The zero-order chi connectivity index (χ0) is 11.5. The van der Waals surface area contributed by atoms with Crippen LogP contribution in [0.2, 0.25) is 0 Å². The van der Waals surface area contributed by atoms with Gasteiger partial charge in [0.2, 0.25) is 0 Å². The summed E-state index contributed by atoms with van der Waals surface area (Å²) in [4.78, 5) is 10.3. The Morgan fingerprint density at radius 3 is 2.73 bits per heavy atom. The van der Waals surface area contributed by atoms with E-state index in [4.69, 9.17) is 5.11 Å². The second-order valence-electron chi connectivity index (χ2n) is 3.03. The van der Waals surface area contributed by atoms with Gasteiger partial charge in [0.25, 0.3) is 0 Å². The first-order valence-electron chi connectivity index (χ1n) is 4.03. The molecule has 0 atom stereocenters. The molecule has 0 saturated heterocycles. The van der Waals surface area contributed by atoms with E-state index in [9.17, 15) is 13.2 Å². The minimum Gasteiger partial charge on any atom is -0.481 e. The SMILES string of the molecule is CS(=O)(=O)Cc1nnnn1CCC(=O)O. The Labute approximate surface area is 85.8 Å². The van der Waals surface area contributed by atoms with Crippen LogP contribution in [0.25, 0.3) is 0 Å². The molecule has 1 N–H and O–H groups in total. The largest absolute Gasteiger partial charge is 0.481 e. The van der Waals surface area contributed by atoms with Crippen LogP contribution in [0.4, 0.5) is 0 Å². The van der Waals surface area contributed by atoms with E-state index in [-0.39, 0.29) is 24.5 Å². The maximum absolute atomic E-state index is 11.0. The Balaban J connectivity index is 2.74. The lowest BCUT2D eigenvalue weighted by atomic mass is 10.4. The third kappa shape index (κ3) is 4.02. The standard InChI is InChI=1S/C6H10N4O4S/c1-15(13,14)4-5-7-8-9-10(5)3-2-6(11)12/h2-4H2,1H3,(H,11,12). The van der Waals surface area contributed by atoms with Gasteiger partial charge < -0.3 is 5.11 Å². The van der Waals surface area contributed by atoms with Crippen LogP contribution in [-0.4, -0.2) is 46.0 Å². The number of sulfone groups is 1. The molecule has 0 aliphatic heterocycles. The van der Waals surface area contributed by atoms with E-state index in [2.05, 4.69) is 15.5 Å². The summed E-state index contributed by atoms with van der Waals surface area (Å²) in [5.74, 6) is -1.13. The van der Waals surface area contributed by atoms with Crippen molar-refractivity contribution in [2.75, 3.05) is 6.26 Å². The van der Waals surface area contributed by atoms with Crippen molar-refractivity contribution in [1.82, 2.24) is 20.2 Å². The van der Waals surface area contributed by atoms with Crippen molar-refractivity contribution in [2.24, 2.45) is 0 Å². The van der Waals surface area contributed by atoms with Crippen LogP contribution >= 0.6 is 0 Å². The lowest BCUT2D eigenvalue weighted by Gasteiger charge is -2.00. The molecule has 0 aliphatic rings. The maximum atomic E-state index is 11.0. The summed E-state index contributed by atoms with van der Waals surface area (Å²) >= 11 is 0. The van der Waals surface area contributed by atoms with Gasteiger partial charge >= 0.3 is 5.97 Å². The van der Waals surface area contributed by atoms with Gasteiger partial charge in [-0.1, -0.05) is 0 Å². The monoisotopic (exact) mass is 234 g/mol. The highest BCUT2D eigenvalue weighted by Crippen LogP contribution is 2.00. The van der Waals surface area contributed by atoms with Crippen molar-refractivity contribution >= 4 is 15.8 Å². The fraction of sp³-hybridized carbons (Fsp3) is 0.667. The maximum Gasteiger partial charge on any atom is 0.305 e. The molecule has 0 bridgehead atoms. The quantitative estimate of drug-likeness (QED) is 0.672. The van der Waals surface area contributed by atoms with E-state index >= 15 is 0 Å². The van der Waals surface area contributed by atoms with E-state index in [1.165, 1.54) is 4.68 Å². The number of carboxylic acid groups (broad SMARTS) is 1. The molecule has 1 aromatic heterocycles. The molecule has 0 unspecified atom stereocenters. The van der Waals surface area contributed by atoms with Gasteiger partial charge in [0.05, 0.1) is 13.0 Å². The second kappa shape index (κ2) is 4.34. The van der Waals surface area contributed by atoms with Crippen LogP contribution in [0, 0.1) is 0 Å². The lowest BCUT2D eigenvalue weighted by Crippen LogP contribution is -2.12. The number of hydrogen-bond acceptors (Lipinski definition) is 6. The Morgan fingerprint density at radius 2 is 2.20 bits per heavy atom. The van der Waals surface area contributed by atoms with Crippen LogP contribution in [0.1, 0.15) is 12.2 Å². The van der Waals surface area contributed by atoms with Crippen molar-refractivity contribution in [2.45, 2.75) is 18.7 Å². The molecule has 84 valence electrons. The number of aliphatic carboxylic acids is 1. The van der Waals surface area contributed by atoms with Crippen molar-refractivity contribution in [3.63, 3.8) is 0 Å². The van der Waals surface area contributed by atoms with E-state index in [0.717, 1.165) is 6.26 Å². The van der Waals surface area contributed by atoms with Gasteiger partial charge in [-0.05, 0) is 10.4 Å². The highest BCUT2D eigenvalue weighted by Gasteiger charge is 2.13. The molecule has 15 heavy (non-hydrogen) atoms. The van der Waals surface area contributed by atoms with Gasteiger partial charge in [-0.3, -0.25) is 4.79 Å². The number of nitrogens with zero attached hydrogens (tertiary/aromatic N) is 4. The zero-order valence-electron chi connectivity index (χ0n) is 7.99. The second-order valence-corrected chi connectivity index (χ2v) is 5.17. The molecule has 0 fully saturated rings. The minimum atomic E-state index is -3.22. The highest BCUT2D eigenvalue weighted by molar-refractivity contribution is 7.89. The van der Waals surface area contributed by atoms with Gasteiger partial charge in [0, 0.05) is 6.26 Å². The van der Waals surface area contributed by atoms with Crippen molar-refractivity contribution in [1.29, 1.82) is 0 Å². The molecule has 1 aromatic rings. The lowest BCUT2D eigenvalue weighted by molar-refractivity contribution is -0.137. The first-order valence-corrected chi connectivity index (χ1v) is 6.09. The molecular weight excluding hydrogens is 224 g/mol. The Bertz CT molecular complexity index is 451. The van der Waals surface area contributed by atoms with Crippen molar-refractivity contribution in [3.8, 4) is 0 Å². The van der Waals surface area contributed by atoms with Gasteiger partial charge in [0.1, 0.15) is 5.75 Å². The predicted molar refractivity (Wildman–Crippen MR) is 48.6 cm³/mol. The number of carboxylic acids is 1. The summed E-state index contributed by atoms with van der Waals surface area (Å²) in [5.41, 5.74) is 0. The number of carbonyl (C=O) groups is 1. The normalized spacial score (nSPS) is 11.5. The van der Waals surface area contributed by atoms with E-state index in [1.807, 2.05) is 0 Å². The number of hydrogen-bond donors (Lipinski definition) is 1. The van der Waals surface area contributed by atoms with E-state index in [0.29, 0.717) is 0 Å². The van der Waals surface area contributed by atoms with Crippen LogP contribution in [0.15, 0.2) is 0 Å². The summed E-state index contributed by atoms with van der Waals surface area (Å²) < 4.78 is 23.1. The molecule has 8 nitrogen and oxygen atoms in total. The van der Waals surface area contributed by atoms with Gasteiger partial charge in [-0.15, -0.1) is 5.10 Å². The average Bonchev–Trinajstić information content (AvgIpc) is 2.45. The van der Waals surface area contributed by atoms with Crippen molar-refractivity contribution < 1.29 is 18.3 Å². The molecular formula is C6H10N4O4S. The fourth-order valence-corrected chi connectivity index (χ4v) is 1.61. The summed E-state index contributed by atoms with van der Waals surface area (Å²) in [6, 6.07) is 0. The zero-order valence-corrected chi connectivity index (χ0v) is 8.81. The number of aromatic nitrogens is 4. The third-order valence-corrected chi connectivity index (χ3v) is 2.32. The molecule has 1 heterocycles. The molecule has 0 spiro atoms. The van der Waals surface area contributed by atoms with Gasteiger partial charge in [-0.25, -0.2) is 13.1 Å². The fourth-order valence-electron chi connectivity index (χ4n) is 0.936. The third-order valence-electron chi connectivity index (χ3n) is 1.53. The number of aryl methyl sites for hydroxylation is 1. The minimum absolute atomic E-state index is 0.0627.